The van der Waals surface area contributed by atoms with Crippen molar-refractivity contribution in [2.75, 3.05) is 0 Å². The maximum absolute atomic E-state index is 2.42. The first-order valence-electron chi connectivity index (χ1n) is 7.47. The first kappa shape index (κ1) is 14.1. The van der Waals surface area contributed by atoms with E-state index in [4.69, 9.17) is 0 Å². The van der Waals surface area contributed by atoms with Gasteiger partial charge in [0.25, 0.3) is 0 Å². The van der Waals surface area contributed by atoms with E-state index in [1.54, 1.807) is 10.4 Å². The Labute approximate surface area is 119 Å². The average molecular weight is 268 g/mol. The van der Waals surface area contributed by atoms with Crippen molar-refractivity contribution in [2.24, 2.45) is 0 Å². The minimum atomic E-state index is -0.311. The molecule has 0 aliphatic carbocycles. The Morgan fingerprint density at radius 3 is 1.63 bits per heavy atom. The second-order valence-electron chi connectivity index (χ2n) is 5.32. The lowest BCUT2D eigenvalue weighted by molar-refractivity contribution is 0.923. The average Bonchev–Trinajstić information content (AvgIpc) is 2.40. The molecule has 0 nitrogen and oxygen atoms in total. The van der Waals surface area contributed by atoms with E-state index in [1.165, 1.54) is 36.8 Å². The van der Waals surface area contributed by atoms with Crippen LogP contribution in [0.15, 0.2) is 48.5 Å². The van der Waals surface area contributed by atoms with E-state index in [9.17, 15) is 0 Å². The zero-order chi connectivity index (χ0) is 13.5. The van der Waals surface area contributed by atoms with Gasteiger partial charge in [0.15, 0.2) is 0 Å². The van der Waals surface area contributed by atoms with Gasteiger partial charge in [-0.2, -0.15) is 0 Å². The first-order chi connectivity index (χ1) is 9.31. The van der Waals surface area contributed by atoms with Gasteiger partial charge >= 0.3 is 0 Å². The molecular formula is C18H24Si. The summed E-state index contributed by atoms with van der Waals surface area (Å²) < 4.78 is 0. The molecular weight excluding hydrogens is 244 g/mol. The van der Waals surface area contributed by atoms with E-state index in [1.807, 2.05) is 0 Å². The molecule has 0 aliphatic rings. The Kier molecular flexibility index (Phi) is 5.40. The molecule has 1 heteroatoms. The molecule has 0 saturated heterocycles. The number of rotatable bonds is 6. The van der Waals surface area contributed by atoms with Gasteiger partial charge in [-0.3, -0.25) is 0 Å². The van der Waals surface area contributed by atoms with Gasteiger partial charge < -0.3 is 0 Å². The monoisotopic (exact) mass is 268 g/mol. The lowest BCUT2D eigenvalue weighted by Crippen LogP contribution is -2.27. The predicted molar refractivity (Wildman–Crippen MR) is 88.7 cm³/mol. The molecule has 19 heavy (non-hydrogen) atoms. The van der Waals surface area contributed by atoms with Crippen molar-refractivity contribution in [2.45, 2.75) is 39.5 Å². The van der Waals surface area contributed by atoms with Crippen molar-refractivity contribution in [3.63, 3.8) is 0 Å². The molecule has 0 aliphatic heterocycles. The molecule has 0 bridgehead atoms. The van der Waals surface area contributed by atoms with E-state index in [0.29, 0.717) is 0 Å². The van der Waals surface area contributed by atoms with Crippen molar-refractivity contribution >= 4 is 19.9 Å². The zero-order valence-corrected chi connectivity index (χ0v) is 13.6. The lowest BCUT2D eigenvalue weighted by Gasteiger charge is -2.06. The molecule has 100 valence electrons. The van der Waals surface area contributed by atoms with Crippen molar-refractivity contribution in [3.8, 4) is 0 Å². The van der Waals surface area contributed by atoms with Crippen LogP contribution in [0.1, 0.15) is 37.8 Å². The summed E-state index contributed by atoms with van der Waals surface area (Å²) >= 11 is 0. The number of benzene rings is 2. The van der Waals surface area contributed by atoms with Gasteiger partial charge in [0.2, 0.25) is 0 Å². The molecule has 2 aromatic rings. The maximum Gasteiger partial charge on any atom is 0.0875 e. The normalized spacial score (nSPS) is 10.6. The van der Waals surface area contributed by atoms with Gasteiger partial charge in [-0.15, -0.1) is 0 Å². The highest BCUT2D eigenvalue weighted by molar-refractivity contribution is 6.67. The van der Waals surface area contributed by atoms with E-state index in [0.717, 1.165) is 0 Å². The van der Waals surface area contributed by atoms with Crippen LogP contribution in [0.4, 0.5) is 0 Å². The van der Waals surface area contributed by atoms with Gasteiger partial charge in [0.1, 0.15) is 0 Å². The number of aryl methyl sites for hydroxylation is 2. The Balaban J connectivity index is 2.11. The fraction of sp³-hybridized carbons (Fsp3) is 0.333. The van der Waals surface area contributed by atoms with Gasteiger partial charge in [0, 0.05) is 0 Å². The van der Waals surface area contributed by atoms with Crippen LogP contribution in [0.3, 0.4) is 0 Å². The smallest absolute Gasteiger partial charge is 0.0651 e. The SMILES string of the molecule is CCCc1cccc([SiH2]c2cccc(CCC)c2)c1. The summed E-state index contributed by atoms with van der Waals surface area (Å²) in [5, 5.41) is 3.14. The first-order valence-corrected chi connectivity index (χ1v) is 8.89. The predicted octanol–water partition coefficient (Wildman–Crippen LogP) is 2.71. The van der Waals surface area contributed by atoms with Crippen molar-refractivity contribution in [3.05, 3.63) is 59.7 Å². The molecule has 0 atom stereocenters. The summed E-state index contributed by atoms with van der Waals surface area (Å²) in [5.41, 5.74) is 2.99. The second-order valence-corrected chi connectivity index (χ2v) is 7.30. The third-order valence-corrected chi connectivity index (χ3v) is 5.16. The standard InChI is InChI=1S/C18H24Si/c1-3-7-15-9-5-11-17(13-15)19-18-12-6-10-16(14-18)8-4-2/h5-6,9-14H,3-4,7-8,19H2,1-2H3. The van der Waals surface area contributed by atoms with Crippen LogP contribution in [0, 0.1) is 0 Å². The van der Waals surface area contributed by atoms with Crippen LogP contribution in [-0.4, -0.2) is 9.52 Å². The molecule has 2 rings (SSSR count). The van der Waals surface area contributed by atoms with Crippen molar-refractivity contribution < 1.29 is 0 Å². The summed E-state index contributed by atoms with van der Waals surface area (Å²) in [4.78, 5) is 0. The van der Waals surface area contributed by atoms with E-state index >= 15 is 0 Å². The van der Waals surface area contributed by atoms with Crippen LogP contribution in [0.25, 0.3) is 0 Å². The molecule has 0 spiro atoms. The molecule has 0 radical (unpaired) electrons. The minimum Gasteiger partial charge on any atom is -0.0651 e. The number of hydrogen-bond donors (Lipinski definition) is 0. The quantitative estimate of drug-likeness (QED) is 0.707. The van der Waals surface area contributed by atoms with Crippen LogP contribution in [-0.2, 0) is 12.8 Å². The lowest BCUT2D eigenvalue weighted by atomic mass is 10.1. The third kappa shape index (κ3) is 4.36. The minimum absolute atomic E-state index is 0.311. The van der Waals surface area contributed by atoms with Crippen LogP contribution < -0.4 is 10.4 Å². The third-order valence-electron chi connectivity index (χ3n) is 3.47. The molecule has 0 unspecified atom stereocenters. The summed E-state index contributed by atoms with van der Waals surface area (Å²) in [6, 6.07) is 18.4. The van der Waals surface area contributed by atoms with Crippen LogP contribution in [0.2, 0.25) is 0 Å². The molecule has 0 aromatic heterocycles. The second kappa shape index (κ2) is 7.30. The van der Waals surface area contributed by atoms with Gasteiger partial charge in [-0.05, 0) is 24.0 Å². The topological polar surface area (TPSA) is 0 Å². The maximum atomic E-state index is 2.42. The molecule has 0 saturated carbocycles. The molecule has 0 fully saturated rings. The van der Waals surface area contributed by atoms with Gasteiger partial charge in [-0.1, -0.05) is 85.6 Å². The van der Waals surface area contributed by atoms with E-state index < -0.39 is 0 Å². The Morgan fingerprint density at radius 1 is 0.737 bits per heavy atom. The summed E-state index contributed by atoms with van der Waals surface area (Å²) in [7, 11) is -0.311. The molecule has 0 heterocycles. The molecule has 2 aromatic carbocycles. The van der Waals surface area contributed by atoms with E-state index in [2.05, 4.69) is 62.4 Å². The summed E-state index contributed by atoms with van der Waals surface area (Å²) in [5.74, 6) is 0. The van der Waals surface area contributed by atoms with Crippen molar-refractivity contribution in [1.29, 1.82) is 0 Å². The Hall–Kier alpha value is -1.34. The molecule has 0 amide bonds. The van der Waals surface area contributed by atoms with Crippen molar-refractivity contribution in [1.82, 2.24) is 0 Å². The highest BCUT2D eigenvalue weighted by Crippen LogP contribution is 2.02. The van der Waals surface area contributed by atoms with Gasteiger partial charge in [0.05, 0.1) is 9.52 Å². The Morgan fingerprint density at radius 2 is 1.21 bits per heavy atom. The fourth-order valence-electron chi connectivity index (χ4n) is 2.60. The zero-order valence-electron chi connectivity index (χ0n) is 12.2. The summed E-state index contributed by atoms with van der Waals surface area (Å²) in [6.07, 6.45) is 4.88. The number of hydrogen-bond acceptors (Lipinski definition) is 0. The van der Waals surface area contributed by atoms with Crippen LogP contribution in [0.5, 0.6) is 0 Å². The fourth-order valence-corrected chi connectivity index (χ4v) is 4.31. The van der Waals surface area contributed by atoms with Gasteiger partial charge in [-0.25, -0.2) is 0 Å². The highest BCUT2D eigenvalue weighted by atomic mass is 28.2. The Bertz CT molecular complexity index is 469. The largest absolute Gasteiger partial charge is 0.0875 e. The van der Waals surface area contributed by atoms with E-state index in [-0.39, 0.29) is 9.52 Å². The molecule has 0 N–H and O–H groups in total. The van der Waals surface area contributed by atoms with Crippen LogP contribution >= 0.6 is 0 Å². The summed E-state index contributed by atoms with van der Waals surface area (Å²) in [6.45, 7) is 4.50. The highest BCUT2D eigenvalue weighted by Gasteiger charge is 2.00.